The second-order valence-corrected chi connectivity index (χ2v) is 5.19. The minimum absolute atomic E-state index is 0.569. The van der Waals surface area contributed by atoms with Gasteiger partial charge in [-0.2, -0.15) is 11.8 Å². The van der Waals surface area contributed by atoms with Gasteiger partial charge in [0.15, 0.2) is 0 Å². The van der Waals surface area contributed by atoms with Crippen molar-refractivity contribution in [2.75, 3.05) is 11.5 Å². The van der Waals surface area contributed by atoms with Crippen LogP contribution in [0.15, 0.2) is 18.2 Å². The Morgan fingerprint density at radius 1 is 1.36 bits per heavy atom. The molecule has 1 atom stereocenters. The van der Waals surface area contributed by atoms with Gasteiger partial charge in [0.1, 0.15) is 0 Å². The molecule has 0 aliphatic carbocycles. The fourth-order valence-electron chi connectivity index (χ4n) is 2.02. The lowest BCUT2D eigenvalue weighted by Crippen LogP contribution is -2.26. The molecule has 76 valence electrons. The summed E-state index contributed by atoms with van der Waals surface area (Å²) in [5.74, 6) is 1.92. The van der Waals surface area contributed by atoms with Crippen LogP contribution >= 0.6 is 11.8 Å². The third-order valence-electron chi connectivity index (χ3n) is 3.11. The Bertz CT molecular complexity index is 340. The number of aliphatic hydroxyl groups is 1. The average molecular weight is 208 g/mol. The SMILES string of the molecule is Cc1cccc(C2(O)CCSC2)c1C. The fourth-order valence-corrected chi connectivity index (χ4v) is 3.29. The number of benzene rings is 1. The van der Waals surface area contributed by atoms with E-state index in [0.717, 1.165) is 23.5 Å². The van der Waals surface area contributed by atoms with Crippen LogP contribution in [0.3, 0.4) is 0 Å². The van der Waals surface area contributed by atoms with Crippen molar-refractivity contribution in [1.29, 1.82) is 0 Å². The van der Waals surface area contributed by atoms with E-state index in [2.05, 4.69) is 26.0 Å². The molecule has 2 heteroatoms. The molecule has 0 spiro atoms. The predicted molar refractivity (Wildman–Crippen MR) is 61.8 cm³/mol. The molecule has 0 saturated carbocycles. The van der Waals surface area contributed by atoms with Gasteiger partial charge in [-0.1, -0.05) is 18.2 Å². The van der Waals surface area contributed by atoms with E-state index < -0.39 is 5.60 Å². The van der Waals surface area contributed by atoms with Gasteiger partial charge in [-0.05, 0) is 42.7 Å². The molecule has 0 amide bonds. The molecule has 1 nitrogen and oxygen atoms in total. The first kappa shape index (κ1) is 10.1. The summed E-state index contributed by atoms with van der Waals surface area (Å²) in [6, 6.07) is 6.21. The van der Waals surface area contributed by atoms with Crippen LogP contribution in [-0.2, 0) is 5.60 Å². The summed E-state index contributed by atoms with van der Waals surface area (Å²) in [7, 11) is 0. The zero-order valence-corrected chi connectivity index (χ0v) is 9.53. The maximum Gasteiger partial charge on any atom is 0.0997 e. The molecule has 1 fully saturated rings. The minimum Gasteiger partial charge on any atom is -0.384 e. The summed E-state index contributed by atoms with van der Waals surface area (Å²) >= 11 is 1.84. The zero-order chi connectivity index (χ0) is 10.2. The molecule has 0 bridgehead atoms. The maximum atomic E-state index is 10.4. The van der Waals surface area contributed by atoms with Gasteiger partial charge in [0.2, 0.25) is 0 Å². The molecule has 1 aromatic rings. The minimum atomic E-state index is -0.569. The fraction of sp³-hybridized carbons (Fsp3) is 0.500. The highest BCUT2D eigenvalue weighted by atomic mass is 32.2. The Morgan fingerprint density at radius 2 is 2.14 bits per heavy atom. The lowest BCUT2D eigenvalue weighted by Gasteiger charge is -2.24. The molecule has 0 aromatic heterocycles. The van der Waals surface area contributed by atoms with Crippen LogP contribution in [0.4, 0.5) is 0 Å². The normalized spacial score (nSPS) is 26.8. The van der Waals surface area contributed by atoms with Gasteiger partial charge in [0, 0.05) is 5.75 Å². The van der Waals surface area contributed by atoms with Crippen molar-refractivity contribution in [3.8, 4) is 0 Å². The van der Waals surface area contributed by atoms with Crippen molar-refractivity contribution >= 4 is 11.8 Å². The van der Waals surface area contributed by atoms with Gasteiger partial charge in [0.05, 0.1) is 5.60 Å². The monoisotopic (exact) mass is 208 g/mol. The molecule has 1 aliphatic heterocycles. The second kappa shape index (κ2) is 3.59. The first-order valence-electron chi connectivity index (χ1n) is 5.00. The van der Waals surface area contributed by atoms with Crippen molar-refractivity contribution < 1.29 is 5.11 Å². The van der Waals surface area contributed by atoms with Crippen LogP contribution in [-0.4, -0.2) is 16.6 Å². The summed E-state index contributed by atoms with van der Waals surface area (Å²) in [5.41, 5.74) is 3.08. The summed E-state index contributed by atoms with van der Waals surface area (Å²) in [5, 5.41) is 10.4. The molecular weight excluding hydrogens is 192 g/mol. The summed E-state index contributed by atoms with van der Waals surface area (Å²) < 4.78 is 0. The Labute approximate surface area is 89.5 Å². The van der Waals surface area contributed by atoms with E-state index in [4.69, 9.17) is 0 Å². The van der Waals surface area contributed by atoms with Crippen LogP contribution in [0.25, 0.3) is 0 Å². The van der Waals surface area contributed by atoms with Gasteiger partial charge >= 0.3 is 0 Å². The largest absolute Gasteiger partial charge is 0.384 e. The molecule has 1 aromatic carbocycles. The number of aryl methyl sites for hydroxylation is 1. The second-order valence-electron chi connectivity index (χ2n) is 4.08. The zero-order valence-electron chi connectivity index (χ0n) is 8.71. The molecule has 1 N–H and O–H groups in total. The Kier molecular flexibility index (Phi) is 2.58. The molecule has 2 rings (SSSR count). The molecule has 14 heavy (non-hydrogen) atoms. The van der Waals surface area contributed by atoms with Gasteiger partial charge in [-0.25, -0.2) is 0 Å². The molecule has 1 heterocycles. The summed E-state index contributed by atoms with van der Waals surface area (Å²) in [6.45, 7) is 4.20. The maximum absolute atomic E-state index is 10.4. The van der Waals surface area contributed by atoms with Crippen LogP contribution in [0.5, 0.6) is 0 Å². The molecule has 0 radical (unpaired) electrons. The van der Waals surface area contributed by atoms with Crippen LogP contribution in [0.1, 0.15) is 23.1 Å². The van der Waals surface area contributed by atoms with Crippen molar-refractivity contribution in [2.45, 2.75) is 25.9 Å². The quantitative estimate of drug-likeness (QED) is 0.765. The van der Waals surface area contributed by atoms with Crippen LogP contribution < -0.4 is 0 Å². The lowest BCUT2D eigenvalue weighted by atomic mass is 9.88. The van der Waals surface area contributed by atoms with E-state index >= 15 is 0 Å². The molecular formula is C12H16OS. The van der Waals surface area contributed by atoms with Gasteiger partial charge in [0.25, 0.3) is 0 Å². The van der Waals surface area contributed by atoms with Gasteiger partial charge in [-0.3, -0.25) is 0 Å². The standard InChI is InChI=1S/C12H16OS/c1-9-4-3-5-11(10(9)2)12(13)6-7-14-8-12/h3-5,13H,6-8H2,1-2H3. The summed E-state index contributed by atoms with van der Waals surface area (Å²) in [6.07, 6.45) is 0.891. The van der Waals surface area contributed by atoms with Gasteiger partial charge < -0.3 is 5.11 Å². The van der Waals surface area contributed by atoms with Gasteiger partial charge in [-0.15, -0.1) is 0 Å². The average Bonchev–Trinajstić information content (AvgIpc) is 2.58. The Balaban J connectivity index is 2.45. The van der Waals surface area contributed by atoms with E-state index in [0.29, 0.717) is 0 Å². The highest BCUT2D eigenvalue weighted by molar-refractivity contribution is 7.99. The summed E-state index contributed by atoms with van der Waals surface area (Å²) in [4.78, 5) is 0. The highest BCUT2D eigenvalue weighted by Gasteiger charge is 2.34. The number of rotatable bonds is 1. The molecule has 1 unspecified atom stereocenters. The number of hydrogen-bond donors (Lipinski definition) is 1. The smallest absolute Gasteiger partial charge is 0.0997 e. The van der Waals surface area contributed by atoms with Crippen LogP contribution in [0, 0.1) is 13.8 Å². The molecule has 1 aliphatic rings. The molecule has 1 saturated heterocycles. The third-order valence-corrected chi connectivity index (χ3v) is 4.28. The topological polar surface area (TPSA) is 20.2 Å². The number of thioether (sulfide) groups is 1. The first-order valence-corrected chi connectivity index (χ1v) is 6.16. The van der Waals surface area contributed by atoms with E-state index in [1.807, 2.05) is 17.8 Å². The first-order chi connectivity index (χ1) is 6.63. The van der Waals surface area contributed by atoms with Crippen molar-refractivity contribution in [3.05, 3.63) is 34.9 Å². The third kappa shape index (κ3) is 1.57. The number of hydrogen-bond acceptors (Lipinski definition) is 2. The van der Waals surface area contributed by atoms with Crippen molar-refractivity contribution in [3.63, 3.8) is 0 Å². The van der Waals surface area contributed by atoms with Crippen molar-refractivity contribution in [2.24, 2.45) is 0 Å². The van der Waals surface area contributed by atoms with E-state index in [1.165, 1.54) is 11.1 Å². The predicted octanol–water partition coefficient (Wildman–Crippen LogP) is 2.63. The Hall–Kier alpha value is -0.470. The lowest BCUT2D eigenvalue weighted by molar-refractivity contribution is 0.0650. The highest BCUT2D eigenvalue weighted by Crippen LogP contribution is 2.38. The van der Waals surface area contributed by atoms with E-state index in [1.54, 1.807) is 0 Å². The van der Waals surface area contributed by atoms with Crippen molar-refractivity contribution in [1.82, 2.24) is 0 Å². The Morgan fingerprint density at radius 3 is 2.79 bits per heavy atom. The van der Waals surface area contributed by atoms with E-state index in [9.17, 15) is 5.11 Å². The van der Waals surface area contributed by atoms with E-state index in [-0.39, 0.29) is 0 Å². The van der Waals surface area contributed by atoms with Crippen LogP contribution in [0.2, 0.25) is 0 Å².